The summed E-state index contributed by atoms with van der Waals surface area (Å²) in [5.41, 5.74) is 2.07. The number of benzene rings is 2. The van der Waals surface area contributed by atoms with Crippen LogP contribution in [-0.2, 0) is 24.4 Å². The first-order chi connectivity index (χ1) is 9.93. The molecule has 4 nitrogen and oxygen atoms in total. The maximum atomic E-state index is 4.05. The van der Waals surface area contributed by atoms with Gasteiger partial charge in [0.1, 0.15) is 0 Å². The minimum Gasteiger partial charge on any atom is -0.261 e. The van der Waals surface area contributed by atoms with Crippen LogP contribution in [0.25, 0.3) is 11.4 Å². The Hall–Kier alpha value is -2.00. The maximum absolute atomic E-state index is 4.05. The standard InChI is InChI=1S/C14H11N4.CH2.Ru/c1-3-7-12(8-4-1)11-18-14(15-16-17-18)13-9-5-2-6-10-13;;/h1-9H,11H2;1H2;/q-1;;+1. The van der Waals surface area contributed by atoms with Gasteiger partial charge in [0, 0.05) is 0 Å². The predicted molar refractivity (Wildman–Crippen MR) is 74.8 cm³/mol. The molecule has 1 heterocycles. The minimum absolute atomic E-state index is 0.659. The molecule has 2 aromatic carbocycles. The molecule has 0 spiro atoms. The third-order valence-electron chi connectivity index (χ3n) is 2.66. The van der Waals surface area contributed by atoms with Gasteiger partial charge in [-0.3, -0.25) is 4.68 Å². The first-order valence-electron chi connectivity index (χ1n) is 5.96. The summed E-state index contributed by atoms with van der Waals surface area (Å²) in [5, 5.41) is 15.0. The van der Waals surface area contributed by atoms with E-state index in [1.165, 1.54) is 5.56 Å². The van der Waals surface area contributed by atoms with Crippen LogP contribution in [0.2, 0.25) is 0 Å². The zero-order valence-corrected chi connectivity index (χ0v) is 12.5. The molecule has 0 amide bonds. The van der Waals surface area contributed by atoms with E-state index in [4.69, 9.17) is 0 Å². The van der Waals surface area contributed by atoms with Gasteiger partial charge >= 0.3 is 23.0 Å². The molecule has 3 rings (SSSR count). The molecule has 0 aliphatic heterocycles. The van der Waals surface area contributed by atoms with E-state index in [1.54, 1.807) is 4.68 Å². The van der Waals surface area contributed by atoms with Crippen molar-refractivity contribution in [3.63, 3.8) is 0 Å². The van der Waals surface area contributed by atoms with Crippen LogP contribution in [0.5, 0.6) is 0 Å². The van der Waals surface area contributed by atoms with Crippen LogP contribution in [0.15, 0.2) is 54.6 Å². The SMILES string of the molecule is [CH2]=[Ru+].[c-]1ccccc1-c1nnnn1Cc1ccccc1. The molecule has 0 saturated heterocycles. The average molecular weight is 350 g/mol. The van der Waals surface area contributed by atoms with Gasteiger partial charge < -0.3 is 0 Å². The summed E-state index contributed by atoms with van der Waals surface area (Å²) in [6.07, 6.45) is 0. The van der Waals surface area contributed by atoms with Crippen LogP contribution in [0.4, 0.5) is 0 Å². The zero-order chi connectivity index (χ0) is 14.2. The fraction of sp³-hybridized carbons (Fsp3) is 0.0667. The number of rotatable bonds is 3. The van der Waals surface area contributed by atoms with Crippen LogP contribution in [-0.4, -0.2) is 25.3 Å². The van der Waals surface area contributed by atoms with E-state index in [0.717, 1.165) is 11.4 Å². The topological polar surface area (TPSA) is 43.6 Å². The molecule has 1 aromatic heterocycles. The van der Waals surface area contributed by atoms with Gasteiger partial charge in [0.05, 0.1) is 12.4 Å². The summed E-state index contributed by atoms with van der Waals surface area (Å²) in [4.78, 5) is 0. The van der Waals surface area contributed by atoms with E-state index in [-0.39, 0.29) is 0 Å². The molecule has 0 fully saturated rings. The molecule has 0 bridgehead atoms. The van der Waals surface area contributed by atoms with Gasteiger partial charge in [0.25, 0.3) is 0 Å². The van der Waals surface area contributed by atoms with Crippen molar-refractivity contribution in [1.82, 2.24) is 20.2 Å². The van der Waals surface area contributed by atoms with Gasteiger partial charge in [-0.05, 0) is 10.8 Å². The van der Waals surface area contributed by atoms with Gasteiger partial charge in [-0.15, -0.1) is 35.9 Å². The second-order valence-electron chi connectivity index (χ2n) is 3.92. The van der Waals surface area contributed by atoms with Gasteiger partial charge in [-0.1, -0.05) is 35.5 Å². The van der Waals surface area contributed by atoms with E-state index in [2.05, 4.69) is 56.7 Å². The molecule has 5 heteroatoms. The summed E-state index contributed by atoms with van der Waals surface area (Å²) >= 11 is 2.10. The van der Waals surface area contributed by atoms with Crippen LogP contribution in [0, 0.1) is 6.07 Å². The Bertz CT molecular complexity index is 637. The molecule has 3 aromatic rings. The minimum atomic E-state index is 0.659. The molecule has 101 valence electrons. The van der Waals surface area contributed by atoms with E-state index in [1.807, 2.05) is 42.5 Å². The molecule has 0 aliphatic rings. The van der Waals surface area contributed by atoms with Crippen LogP contribution in [0.3, 0.4) is 0 Å². The Morgan fingerprint density at radius 1 is 1.05 bits per heavy atom. The second-order valence-corrected chi connectivity index (χ2v) is 3.92. The number of hydrogen-bond donors (Lipinski definition) is 0. The normalized spacial score (nSPS) is 9.60. The number of hydrogen-bond acceptors (Lipinski definition) is 3. The van der Waals surface area contributed by atoms with Gasteiger partial charge in [0.15, 0.2) is 0 Å². The van der Waals surface area contributed by atoms with Crippen molar-refractivity contribution in [2.75, 3.05) is 0 Å². The van der Waals surface area contributed by atoms with Crippen molar-refractivity contribution in [2.45, 2.75) is 6.54 Å². The Labute approximate surface area is 127 Å². The van der Waals surface area contributed by atoms with E-state index in [9.17, 15) is 0 Å². The maximum Gasteiger partial charge on any atom is 0.0988 e. The van der Waals surface area contributed by atoms with Gasteiger partial charge in [-0.25, -0.2) is 0 Å². The molecule has 0 atom stereocenters. The molecule has 0 radical (unpaired) electrons. The first-order valence-corrected chi connectivity index (χ1v) is 7.18. The summed E-state index contributed by atoms with van der Waals surface area (Å²) in [6, 6.07) is 20.9. The van der Waals surface area contributed by atoms with Gasteiger partial charge in [0.2, 0.25) is 0 Å². The largest absolute Gasteiger partial charge is 0.261 e. The van der Waals surface area contributed by atoms with Crippen molar-refractivity contribution < 1.29 is 17.9 Å². The molecule has 20 heavy (non-hydrogen) atoms. The predicted octanol–water partition coefficient (Wildman–Crippen LogP) is 2.15. The summed E-state index contributed by atoms with van der Waals surface area (Å²) in [6.45, 7) is 0.659. The molecular formula is C15H13N4Ru. The Kier molecular flexibility index (Phi) is 5.45. The van der Waals surface area contributed by atoms with E-state index in [0.29, 0.717) is 6.54 Å². The third-order valence-corrected chi connectivity index (χ3v) is 2.66. The fourth-order valence-corrected chi connectivity index (χ4v) is 1.79. The van der Waals surface area contributed by atoms with Crippen molar-refractivity contribution in [1.29, 1.82) is 0 Å². The van der Waals surface area contributed by atoms with Crippen molar-refractivity contribution in [2.24, 2.45) is 0 Å². The third kappa shape index (κ3) is 3.52. The zero-order valence-electron chi connectivity index (χ0n) is 10.8. The first kappa shape index (κ1) is 14.4. The van der Waals surface area contributed by atoms with Gasteiger partial charge in [-0.2, -0.15) is 5.10 Å². The van der Waals surface area contributed by atoms with Crippen LogP contribution >= 0.6 is 0 Å². The number of tetrazole rings is 1. The van der Waals surface area contributed by atoms with Crippen molar-refractivity contribution >= 4 is 5.11 Å². The average Bonchev–Trinajstić information content (AvgIpc) is 2.99. The fourth-order valence-electron chi connectivity index (χ4n) is 1.79. The van der Waals surface area contributed by atoms with Crippen LogP contribution in [0.1, 0.15) is 5.56 Å². The smallest absolute Gasteiger partial charge is 0.0988 e. The number of aromatic nitrogens is 4. The molecular weight excluding hydrogens is 337 g/mol. The quantitative estimate of drug-likeness (QED) is 0.537. The van der Waals surface area contributed by atoms with Crippen LogP contribution < -0.4 is 0 Å². The monoisotopic (exact) mass is 351 g/mol. The summed E-state index contributed by atoms with van der Waals surface area (Å²) in [7, 11) is 0. The Morgan fingerprint density at radius 3 is 2.50 bits per heavy atom. The Balaban J connectivity index is 0.000000704. The van der Waals surface area contributed by atoms with E-state index >= 15 is 0 Å². The second kappa shape index (κ2) is 7.56. The summed E-state index contributed by atoms with van der Waals surface area (Å²) in [5.74, 6) is 0.736. The molecule has 0 saturated carbocycles. The summed E-state index contributed by atoms with van der Waals surface area (Å²) < 4.78 is 1.78. The van der Waals surface area contributed by atoms with Crippen molar-refractivity contribution in [3.8, 4) is 11.4 Å². The Morgan fingerprint density at radius 2 is 1.80 bits per heavy atom. The van der Waals surface area contributed by atoms with Crippen molar-refractivity contribution in [3.05, 3.63) is 66.2 Å². The molecule has 0 N–H and O–H groups in total. The molecule has 0 unspecified atom stereocenters. The molecule has 0 aliphatic carbocycles. The van der Waals surface area contributed by atoms with E-state index < -0.39 is 0 Å². The number of nitrogens with zero attached hydrogens (tertiary/aromatic N) is 4.